The van der Waals surface area contributed by atoms with E-state index in [-0.39, 0.29) is 0 Å². The zero-order valence-corrected chi connectivity index (χ0v) is 11.5. The van der Waals surface area contributed by atoms with Gasteiger partial charge in [-0.2, -0.15) is 0 Å². The SMILES string of the molecule is CC1CN(CCCCc2ccccc2)CCC1N. The number of nitrogens with two attached hydrogens (primary N) is 1. The third kappa shape index (κ3) is 4.11. The Morgan fingerprint density at radius 1 is 1.22 bits per heavy atom. The maximum absolute atomic E-state index is 6.04. The highest BCUT2D eigenvalue weighted by atomic mass is 15.1. The van der Waals surface area contributed by atoms with Crippen LogP contribution in [0.1, 0.15) is 31.7 Å². The number of benzene rings is 1. The molecule has 1 aliphatic heterocycles. The van der Waals surface area contributed by atoms with Crippen LogP contribution in [0.25, 0.3) is 0 Å². The Bertz CT molecular complexity index is 336. The third-order valence-corrected chi connectivity index (χ3v) is 4.09. The molecule has 1 aliphatic rings. The largest absolute Gasteiger partial charge is 0.327 e. The van der Waals surface area contributed by atoms with Crippen molar-refractivity contribution >= 4 is 0 Å². The molecule has 0 amide bonds. The molecule has 18 heavy (non-hydrogen) atoms. The predicted octanol–water partition coefficient (Wildman–Crippen LogP) is 2.68. The summed E-state index contributed by atoms with van der Waals surface area (Å²) in [5.41, 5.74) is 7.51. The van der Waals surface area contributed by atoms with Gasteiger partial charge in [0.25, 0.3) is 0 Å². The lowest BCUT2D eigenvalue weighted by molar-refractivity contribution is 0.162. The zero-order chi connectivity index (χ0) is 12.8. The summed E-state index contributed by atoms with van der Waals surface area (Å²) in [4.78, 5) is 2.58. The number of piperidine rings is 1. The molecule has 2 nitrogen and oxygen atoms in total. The van der Waals surface area contributed by atoms with Crippen molar-refractivity contribution in [1.82, 2.24) is 4.90 Å². The van der Waals surface area contributed by atoms with Crippen LogP contribution in [-0.2, 0) is 6.42 Å². The normalized spacial score (nSPS) is 25.2. The molecule has 0 aromatic heterocycles. The highest BCUT2D eigenvalue weighted by Crippen LogP contribution is 2.15. The lowest BCUT2D eigenvalue weighted by atomic mass is 9.94. The molecule has 100 valence electrons. The summed E-state index contributed by atoms with van der Waals surface area (Å²) in [5.74, 6) is 0.660. The van der Waals surface area contributed by atoms with Gasteiger partial charge in [-0.3, -0.25) is 0 Å². The van der Waals surface area contributed by atoms with Crippen molar-refractivity contribution in [3.63, 3.8) is 0 Å². The lowest BCUT2D eigenvalue weighted by Gasteiger charge is -2.35. The van der Waals surface area contributed by atoms with Crippen LogP contribution in [0.4, 0.5) is 0 Å². The molecule has 2 rings (SSSR count). The quantitative estimate of drug-likeness (QED) is 0.809. The first-order valence-corrected chi connectivity index (χ1v) is 7.27. The topological polar surface area (TPSA) is 29.3 Å². The molecule has 0 spiro atoms. The second-order valence-corrected chi connectivity index (χ2v) is 5.67. The van der Waals surface area contributed by atoms with Gasteiger partial charge in [0.1, 0.15) is 0 Å². The molecule has 0 aliphatic carbocycles. The van der Waals surface area contributed by atoms with E-state index in [0.29, 0.717) is 12.0 Å². The van der Waals surface area contributed by atoms with Crippen molar-refractivity contribution in [2.75, 3.05) is 19.6 Å². The number of hydrogen-bond acceptors (Lipinski definition) is 2. The maximum atomic E-state index is 6.04. The fraction of sp³-hybridized carbons (Fsp3) is 0.625. The second kappa shape index (κ2) is 6.91. The van der Waals surface area contributed by atoms with Crippen LogP contribution >= 0.6 is 0 Å². The molecule has 0 bridgehead atoms. The van der Waals surface area contributed by atoms with Gasteiger partial charge in [-0.15, -0.1) is 0 Å². The minimum Gasteiger partial charge on any atom is -0.327 e. The van der Waals surface area contributed by atoms with Gasteiger partial charge in [-0.25, -0.2) is 0 Å². The van der Waals surface area contributed by atoms with Crippen molar-refractivity contribution in [2.24, 2.45) is 11.7 Å². The van der Waals surface area contributed by atoms with E-state index in [1.165, 1.54) is 50.9 Å². The van der Waals surface area contributed by atoms with Crippen LogP contribution in [0, 0.1) is 5.92 Å². The summed E-state index contributed by atoms with van der Waals surface area (Å²) in [7, 11) is 0. The van der Waals surface area contributed by atoms with Gasteiger partial charge < -0.3 is 10.6 Å². The molecule has 1 aromatic carbocycles. The monoisotopic (exact) mass is 246 g/mol. The molecule has 0 radical (unpaired) electrons. The maximum Gasteiger partial charge on any atom is 0.00889 e. The standard InChI is InChI=1S/C16H26N2/c1-14-13-18(12-10-16(14)17)11-6-5-9-15-7-3-2-4-8-15/h2-4,7-8,14,16H,5-6,9-13,17H2,1H3. The fourth-order valence-electron chi connectivity index (χ4n) is 2.76. The summed E-state index contributed by atoms with van der Waals surface area (Å²) in [6.45, 7) is 5.90. The zero-order valence-electron chi connectivity index (χ0n) is 11.5. The Labute approximate surface area is 111 Å². The Balaban J connectivity index is 1.61. The Morgan fingerprint density at radius 2 is 2.00 bits per heavy atom. The van der Waals surface area contributed by atoms with Crippen molar-refractivity contribution in [1.29, 1.82) is 0 Å². The molecule has 1 aromatic rings. The van der Waals surface area contributed by atoms with Crippen LogP contribution in [-0.4, -0.2) is 30.6 Å². The number of likely N-dealkylation sites (tertiary alicyclic amines) is 1. The van der Waals surface area contributed by atoms with Crippen LogP contribution < -0.4 is 5.73 Å². The molecule has 2 heteroatoms. The molecular weight excluding hydrogens is 220 g/mol. The molecular formula is C16H26N2. The van der Waals surface area contributed by atoms with Crippen molar-refractivity contribution < 1.29 is 0 Å². The van der Waals surface area contributed by atoms with Gasteiger partial charge in [0.05, 0.1) is 0 Å². The van der Waals surface area contributed by atoms with E-state index in [1.807, 2.05) is 0 Å². The van der Waals surface area contributed by atoms with Gasteiger partial charge in [0.15, 0.2) is 0 Å². The van der Waals surface area contributed by atoms with E-state index < -0.39 is 0 Å². The Kier molecular flexibility index (Phi) is 5.21. The van der Waals surface area contributed by atoms with E-state index >= 15 is 0 Å². The van der Waals surface area contributed by atoms with E-state index in [9.17, 15) is 0 Å². The number of hydrogen-bond donors (Lipinski definition) is 1. The Hall–Kier alpha value is -0.860. The van der Waals surface area contributed by atoms with Crippen molar-refractivity contribution in [3.8, 4) is 0 Å². The Morgan fingerprint density at radius 3 is 2.72 bits per heavy atom. The van der Waals surface area contributed by atoms with Gasteiger partial charge in [0, 0.05) is 12.6 Å². The van der Waals surface area contributed by atoms with Gasteiger partial charge in [-0.05, 0) is 50.3 Å². The molecule has 1 saturated heterocycles. The van der Waals surface area contributed by atoms with Crippen LogP contribution in [0.5, 0.6) is 0 Å². The molecule has 2 unspecified atom stereocenters. The third-order valence-electron chi connectivity index (χ3n) is 4.09. The van der Waals surface area contributed by atoms with Gasteiger partial charge >= 0.3 is 0 Å². The summed E-state index contributed by atoms with van der Waals surface area (Å²) >= 11 is 0. The highest BCUT2D eigenvalue weighted by molar-refractivity contribution is 5.14. The minimum absolute atomic E-state index is 0.422. The average molecular weight is 246 g/mol. The van der Waals surface area contributed by atoms with Crippen LogP contribution in [0.2, 0.25) is 0 Å². The smallest absolute Gasteiger partial charge is 0.00889 e. The van der Waals surface area contributed by atoms with E-state index in [4.69, 9.17) is 5.73 Å². The summed E-state index contributed by atoms with van der Waals surface area (Å²) in [5, 5.41) is 0. The van der Waals surface area contributed by atoms with E-state index in [1.54, 1.807) is 0 Å². The number of nitrogens with zero attached hydrogens (tertiary/aromatic N) is 1. The van der Waals surface area contributed by atoms with E-state index in [0.717, 1.165) is 0 Å². The first-order valence-electron chi connectivity index (χ1n) is 7.27. The molecule has 1 heterocycles. The first kappa shape index (κ1) is 13.6. The van der Waals surface area contributed by atoms with Crippen LogP contribution in [0.15, 0.2) is 30.3 Å². The summed E-state index contributed by atoms with van der Waals surface area (Å²) in [6, 6.07) is 11.2. The second-order valence-electron chi connectivity index (χ2n) is 5.67. The summed E-state index contributed by atoms with van der Waals surface area (Å²) in [6.07, 6.45) is 4.97. The number of rotatable bonds is 5. The number of unbranched alkanes of at least 4 members (excludes halogenated alkanes) is 1. The van der Waals surface area contributed by atoms with Crippen LogP contribution in [0.3, 0.4) is 0 Å². The van der Waals surface area contributed by atoms with Gasteiger partial charge in [-0.1, -0.05) is 37.3 Å². The minimum atomic E-state index is 0.422. The predicted molar refractivity (Wildman–Crippen MR) is 77.6 cm³/mol. The average Bonchev–Trinajstić information content (AvgIpc) is 2.40. The van der Waals surface area contributed by atoms with Crippen molar-refractivity contribution in [2.45, 2.75) is 38.6 Å². The molecule has 2 N–H and O–H groups in total. The molecule has 1 fully saturated rings. The van der Waals surface area contributed by atoms with E-state index in [2.05, 4.69) is 42.2 Å². The lowest BCUT2D eigenvalue weighted by Crippen LogP contribution is -2.46. The molecule has 2 atom stereocenters. The number of aryl methyl sites for hydroxylation is 1. The van der Waals surface area contributed by atoms with Gasteiger partial charge in [0.2, 0.25) is 0 Å². The highest BCUT2D eigenvalue weighted by Gasteiger charge is 2.22. The first-order chi connectivity index (χ1) is 8.75. The summed E-state index contributed by atoms with van der Waals surface area (Å²) < 4.78 is 0. The van der Waals surface area contributed by atoms with Crippen molar-refractivity contribution in [3.05, 3.63) is 35.9 Å². The fourth-order valence-corrected chi connectivity index (χ4v) is 2.76. The molecule has 0 saturated carbocycles.